The van der Waals surface area contributed by atoms with Crippen LogP contribution in [0.4, 0.5) is 4.39 Å². The van der Waals surface area contributed by atoms with Crippen LogP contribution in [0.2, 0.25) is 0 Å². The molecule has 1 saturated heterocycles. The van der Waals surface area contributed by atoms with Crippen LogP contribution in [-0.4, -0.2) is 24.5 Å². The highest BCUT2D eigenvalue weighted by Gasteiger charge is 2.34. The molecular formula is C18H27FN2. The maximum Gasteiger partial charge on any atom is 0.123 e. The van der Waals surface area contributed by atoms with Crippen LogP contribution in [0.15, 0.2) is 18.2 Å². The standard InChI is InChI=1S/C18H27FN2/c1-13-10-16(19)6-7-17(13)18(11-20)21-9-8-14-4-2-3-5-15(14)12-21/h6-7,10,14-15,18H,2-5,8-9,11-12,20H2,1H3. The van der Waals surface area contributed by atoms with Gasteiger partial charge in [0.15, 0.2) is 0 Å². The Morgan fingerprint density at radius 3 is 2.71 bits per heavy atom. The molecule has 0 bridgehead atoms. The molecule has 3 unspecified atom stereocenters. The van der Waals surface area contributed by atoms with E-state index in [1.54, 1.807) is 12.1 Å². The predicted octanol–water partition coefficient (Wildman–Crippen LogP) is 3.65. The van der Waals surface area contributed by atoms with Gasteiger partial charge in [0.2, 0.25) is 0 Å². The largest absolute Gasteiger partial charge is 0.329 e. The summed E-state index contributed by atoms with van der Waals surface area (Å²) in [6.45, 7) is 4.92. The molecule has 1 heterocycles. The van der Waals surface area contributed by atoms with Crippen LogP contribution in [0, 0.1) is 24.6 Å². The number of piperidine rings is 1. The molecule has 0 spiro atoms. The summed E-state index contributed by atoms with van der Waals surface area (Å²) in [7, 11) is 0. The van der Waals surface area contributed by atoms with Crippen molar-refractivity contribution in [3.8, 4) is 0 Å². The van der Waals surface area contributed by atoms with E-state index in [4.69, 9.17) is 5.73 Å². The molecule has 0 aromatic heterocycles. The zero-order valence-electron chi connectivity index (χ0n) is 13.0. The maximum atomic E-state index is 13.3. The smallest absolute Gasteiger partial charge is 0.123 e. The minimum absolute atomic E-state index is 0.155. The van der Waals surface area contributed by atoms with Crippen molar-refractivity contribution in [2.45, 2.75) is 45.1 Å². The first-order valence-corrected chi connectivity index (χ1v) is 8.39. The van der Waals surface area contributed by atoms with Crippen molar-refractivity contribution in [3.05, 3.63) is 35.1 Å². The van der Waals surface area contributed by atoms with E-state index in [0.29, 0.717) is 6.54 Å². The highest BCUT2D eigenvalue weighted by atomic mass is 19.1. The fourth-order valence-corrected chi connectivity index (χ4v) is 4.40. The topological polar surface area (TPSA) is 29.3 Å². The van der Waals surface area contributed by atoms with E-state index in [9.17, 15) is 4.39 Å². The normalized spacial score (nSPS) is 28.1. The van der Waals surface area contributed by atoms with Gasteiger partial charge in [-0.05, 0) is 61.4 Å². The van der Waals surface area contributed by atoms with E-state index < -0.39 is 0 Å². The Bertz CT molecular complexity index is 488. The number of nitrogens with zero attached hydrogens (tertiary/aromatic N) is 1. The zero-order chi connectivity index (χ0) is 14.8. The first-order valence-electron chi connectivity index (χ1n) is 8.39. The summed E-state index contributed by atoms with van der Waals surface area (Å²) < 4.78 is 13.3. The summed E-state index contributed by atoms with van der Waals surface area (Å²) in [5, 5.41) is 0. The minimum Gasteiger partial charge on any atom is -0.329 e. The SMILES string of the molecule is Cc1cc(F)ccc1C(CN)N1CCC2CCCCC2C1. The second-order valence-electron chi connectivity index (χ2n) is 6.84. The summed E-state index contributed by atoms with van der Waals surface area (Å²) in [6, 6.07) is 5.37. The number of halogens is 1. The number of likely N-dealkylation sites (tertiary alicyclic amines) is 1. The molecule has 2 nitrogen and oxygen atoms in total. The van der Waals surface area contributed by atoms with E-state index >= 15 is 0 Å². The number of hydrogen-bond donors (Lipinski definition) is 1. The van der Waals surface area contributed by atoms with Gasteiger partial charge < -0.3 is 5.73 Å². The third-order valence-electron chi connectivity index (χ3n) is 5.58. The quantitative estimate of drug-likeness (QED) is 0.921. The molecule has 2 aliphatic rings. The molecule has 1 saturated carbocycles. The lowest BCUT2D eigenvalue weighted by molar-refractivity contribution is 0.0584. The lowest BCUT2D eigenvalue weighted by atomic mass is 9.74. The van der Waals surface area contributed by atoms with Crippen molar-refractivity contribution >= 4 is 0 Å². The molecule has 0 amide bonds. The average Bonchev–Trinajstić information content (AvgIpc) is 2.50. The number of nitrogens with two attached hydrogens (primary N) is 1. The minimum atomic E-state index is -0.155. The van der Waals surface area contributed by atoms with Crippen LogP contribution in [0.3, 0.4) is 0 Å². The molecule has 2 fully saturated rings. The Labute approximate surface area is 127 Å². The maximum absolute atomic E-state index is 13.3. The van der Waals surface area contributed by atoms with Crippen molar-refractivity contribution in [2.75, 3.05) is 19.6 Å². The predicted molar refractivity (Wildman–Crippen MR) is 84.6 cm³/mol. The Hall–Kier alpha value is -0.930. The molecule has 21 heavy (non-hydrogen) atoms. The summed E-state index contributed by atoms with van der Waals surface area (Å²) in [4.78, 5) is 2.55. The van der Waals surface area contributed by atoms with Gasteiger partial charge in [0.25, 0.3) is 0 Å². The van der Waals surface area contributed by atoms with E-state index in [0.717, 1.165) is 23.9 Å². The molecule has 3 rings (SSSR count). The fraction of sp³-hybridized carbons (Fsp3) is 0.667. The summed E-state index contributed by atoms with van der Waals surface area (Å²) in [6.07, 6.45) is 6.90. The van der Waals surface area contributed by atoms with Crippen molar-refractivity contribution < 1.29 is 4.39 Å². The lowest BCUT2D eigenvalue weighted by Crippen LogP contribution is -2.45. The van der Waals surface area contributed by atoms with Gasteiger partial charge in [-0.2, -0.15) is 0 Å². The first kappa shape index (κ1) is 15.0. The van der Waals surface area contributed by atoms with Gasteiger partial charge >= 0.3 is 0 Å². The molecule has 1 aromatic rings. The second kappa shape index (κ2) is 6.45. The Kier molecular flexibility index (Phi) is 4.60. The van der Waals surface area contributed by atoms with Crippen LogP contribution in [0.1, 0.15) is 49.3 Å². The highest BCUT2D eigenvalue weighted by molar-refractivity contribution is 5.30. The zero-order valence-corrected chi connectivity index (χ0v) is 13.0. The van der Waals surface area contributed by atoms with Gasteiger partial charge in [0.1, 0.15) is 5.82 Å². The van der Waals surface area contributed by atoms with Gasteiger partial charge in [0.05, 0.1) is 0 Å². The van der Waals surface area contributed by atoms with E-state index in [1.165, 1.54) is 44.2 Å². The van der Waals surface area contributed by atoms with Crippen molar-refractivity contribution in [1.82, 2.24) is 4.90 Å². The van der Waals surface area contributed by atoms with Gasteiger partial charge in [-0.25, -0.2) is 4.39 Å². The summed E-state index contributed by atoms with van der Waals surface area (Å²) >= 11 is 0. The van der Waals surface area contributed by atoms with Crippen molar-refractivity contribution in [3.63, 3.8) is 0 Å². The molecular weight excluding hydrogens is 263 g/mol. The summed E-state index contributed by atoms with van der Waals surface area (Å²) in [5.41, 5.74) is 8.30. The number of benzene rings is 1. The molecule has 1 aromatic carbocycles. The molecule has 3 heteroatoms. The molecule has 0 radical (unpaired) electrons. The molecule has 3 atom stereocenters. The number of rotatable bonds is 3. The average molecular weight is 290 g/mol. The van der Waals surface area contributed by atoms with Gasteiger partial charge in [-0.1, -0.05) is 25.3 Å². The third-order valence-corrected chi connectivity index (χ3v) is 5.58. The lowest BCUT2D eigenvalue weighted by Gasteiger charge is -2.44. The van der Waals surface area contributed by atoms with Gasteiger partial charge in [-0.15, -0.1) is 0 Å². The molecule has 116 valence electrons. The van der Waals surface area contributed by atoms with Crippen LogP contribution in [0.25, 0.3) is 0 Å². The fourth-order valence-electron chi connectivity index (χ4n) is 4.40. The molecule has 2 N–H and O–H groups in total. The van der Waals surface area contributed by atoms with Crippen molar-refractivity contribution in [2.24, 2.45) is 17.6 Å². The van der Waals surface area contributed by atoms with Crippen LogP contribution < -0.4 is 5.73 Å². The van der Waals surface area contributed by atoms with Crippen molar-refractivity contribution in [1.29, 1.82) is 0 Å². The highest BCUT2D eigenvalue weighted by Crippen LogP contribution is 2.38. The van der Waals surface area contributed by atoms with Gasteiger partial charge in [-0.3, -0.25) is 4.90 Å². The summed E-state index contributed by atoms with van der Waals surface area (Å²) in [5.74, 6) is 1.63. The molecule has 1 aliphatic carbocycles. The Morgan fingerprint density at radius 1 is 1.24 bits per heavy atom. The monoisotopic (exact) mass is 290 g/mol. The number of fused-ring (bicyclic) bond motifs is 1. The van der Waals surface area contributed by atoms with Crippen LogP contribution in [0.5, 0.6) is 0 Å². The van der Waals surface area contributed by atoms with Crippen LogP contribution >= 0.6 is 0 Å². The first-order chi connectivity index (χ1) is 10.2. The second-order valence-corrected chi connectivity index (χ2v) is 6.84. The third kappa shape index (κ3) is 3.14. The Morgan fingerprint density at radius 2 is 2.00 bits per heavy atom. The van der Waals surface area contributed by atoms with Crippen LogP contribution in [-0.2, 0) is 0 Å². The number of hydrogen-bond acceptors (Lipinski definition) is 2. The molecule has 1 aliphatic heterocycles. The number of aryl methyl sites for hydroxylation is 1. The van der Waals surface area contributed by atoms with E-state index in [2.05, 4.69) is 4.90 Å². The van der Waals surface area contributed by atoms with E-state index in [-0.39, 0.29) is 11.9 Å². The Balaban J connectivity index is 1.77. The van der Waals surface area contributed by atoms with Gasteiger partial charge in [0, 0.05) is 19.1 Å². The van der Waals surface area contributed by atoms with E-state index in [1.807, 2.05) is 13.0 Å².